The van der Waals surface area contributed by atoms with Crippen LogP contribution in [0.25, 0.3) is 0 Å². The van der Waals surface area contributed by atoms with Gasteiger partial charge in [0.25, 0.3) is 0 Å². The molecule has 0 saturated heterocycles. The molecule has 1 atom stereocenters. The molecule has 0 aliphatic heterocycles. The topological polar surface area (TPSA) is 26.0 Å². The number of unbranched alkanes of at least 4 members (excludes halogenated alkanes) is 1. The maximum absolute atomic E-state index is 6.32. The van der Waals surface area contributed by atoms with Crippen molar-refractivity contribution in [1.29, 1.82) is 0 Å². The van der Waals surface area contributed by atoms with Crippen LogP contribution in [0, 0.1) is 3.57 Å². The number of benzene rings is 2. The zero-order chi connectivity index (χ0) is 14.5. The van der Waals surface area contributed by atoms with E-state index < -0.39 is 0 Å². The van der Waals surface area contributed by atoms with E-state index in [2.05, 4.69) is 53.8 Å². The maximum atomic E-state index is 6.32. The highest BCUT2D eigenvalue weighted by molar-refractivity contribution is 14.1. The van der Waals surface area contributed by atoms with E-state index in [-0.39, 0.29) is 6.04 Å². The molecule has 0 saturated carbocycles. The first-order valence-corrected chi connectivity index (χ1v) is 8.37. The first kappa shape index (κ1) is 15.8. The van der Waals surface area contributed by atoms with Crippen molar-refractivity contribution in [3.8, 4) is 0 Å². The fourth-order valence-electron chi connectivity index (χ4n) is 2.17. The second-order valence-electron chi connectivity index (χ2n) is 5.00. The minimum absolute atomic E-state index is 0.121. The molecule has 2 N–H and O–H groups in total. The summed E-state index contributed by atoms with van der Waals surface area (Å²) in [5.41, 5.74) is 9.88. The SMILES string of the molecule is CCCCc1ccc(C(N)c2ccc(I)c(Cl)c2)cc1. The second kappa shape index (κ2) is 7.43. The molecule has 0 aliphatic rings. The van der Waals surface area contributed by atoms with E-state index in [1.54, 1.807) is 0 Å². The van der Waals surface area contributed by atoms with E-state index in [1.807, 2.05) is 18.2 Å². The van der Waals surface area contributed by atoms with Gasteiger partial charge < -0.3 is 5.73 Å². The lowest BCUT2D eigenvalue weighted by molar-refractivity contribution is 0.793. The molecule has 1 nitrogen and oxygen atoms in total. The second-order valence-corrected chi connectivity index (χ2v) is 6.57. The molecule has 20 heavy (non-hydrogen) atoms. The van der Waals surface area contributed by atoms with Gasteiger partial charge in [-0.25, -0.2) is 0 Å². The van der Waals surface area contributed by atoms with E-state index >= 15 is 0 Å². The Morgan fingerprint density at radius 1 is 1.10 bits per heavy atom. The van der Waals surface area contributed by atoms with Gasteiger partial charge in [-0.15, -0.1) is 0 Å². The monoisotopic (exact) mass is 399 g/mol. The van der Waals surface area contributed by atoms with Crippen LogP contribution in [-0.4, -0.2) is 0 Å². The summed E-state index contributed by atoms with van der Waals surface area (Å²) in [6.45, 7) is 2.21. The Balaban J connectivity index is 2.15. The van der Waals surface area contributed by atoms with Crippen molar-refractivity contribution in [2.24, 2.45) is 5.73 Å². The predicted molar refractivity (Wildman–Crippen MR) is 95.3 cm³/mol. The number of nitrogens with two attached hydrogens (primary N) is 1. The molecule has 0 radical (unpaired) electrons. The van der Waals surface area contributed by atoms with Gasteiger partial charge in [-0.05, 0) is 64.3 Å². The number of aryl methyl sites for hydroxylation is 1. The van der Waals surface area contributed by atoms with Crippen molar-refractivity contribution in [2.45, 2.75) is 32.2 Å². The molecular weight excluding hydrogens is 381 g/mol. The summed E-state index contributed by atoms with van der Waals surface area (Å²) in [4.78, 5) is 0. The summed E-state index contributed by atoms with van der Waals surface area (Å²) in [7, 11) is 0. The van der Waals surface area contributed by atoms with E-state index in [0.717, 1.165) is 26.1 Å². The molecule has 0 aromatic heterocycles. The Kier molecular flexibility index (Phi) is 5.87. The molecule has 106 valence electrons. The minimum Gasteiger partial charge on any atom is -0.320 e. The van der Waals surface area contributed by atoms with Crippen molar-refractivity contribution in [2.75, 3.05) is 0 Å². The van der Waals surface area contributed by atoms with Crippen LogP contribution in [0.1, 0.15) is 42.5 Å². The lowest BCUT2D eigenvalue weighted by atomic mass is 9.97. The molecule has 0 spiro atoms. The number of halogens is 2. The quantitative estimate of drug-likeness (QED) is 0.675. The third kappa shape index (κ3) is 3.96. The van der Waals surface area contributed by atoms with Crippen LogP contribution in [0.5, 0.6) is 0 Å². The van der Waals surface area contributed by atoms with Gasteiger partial charge in [-0.1, -0.05) is 55.3 Å². The van der Waals surface area contributed by atoms with Gasteiger partial charge >= 0.3 is 0 Å². The zero-order valence-corrected chi connectivity index (χ0v) is 14.5. The van der Waals surface area contributed by atoms with Crippen molar-refractivity contribution in [1.82, 2.24) is 0 Å². The van der Waals surface area contributed by atoms with Crippen LogP contribution in [0.3, 0.4) is 0 Å². The van der Waals surface area contributed by atoms with Crippen LogP contribution >= 0.6 is 34.2 Å². The van der Waals surface area contributed by atoms with Gasteiger partial charge in [0.2, 0.25) is 0 Å². The lowest BCUT2D eigenvalue weighted by Crippen LogP contribution is -2.11. The highest BCUT2D eigenvalue weighted by Crippen LogP contribution is 2.26. The van der Waals surface area contributed by atoms with Gasteiger partial charge in [-0.2, -0.15) is 0 Å². The molecule has 2 aromatic carbocycles. The predicted octanol–water partition coefficient (Wildman–Crippen LogP) is 5.34. The van der Waals surface area contributed by atoms with Crippen LogP contribution < -0.4 is 5.73 Å². The van der Waals surface area contributed by atoms with Gasteiger partial charge in [0, 0.05) is 3.57 Å². The summed E-state index contributed by atoms with van der Waals surface area (Å²) >= 11 is 8.39. The van der Waals surface area contributed by atoms with Crippen LogP contribution in [0.4, 0.5) is 0 Å². The normalized spacial score (nSPS) is 12.4. The first-order valence-electron chi connectivity index (χ1n) is 6.91. The van der Waals surface area contributed by atoms with E-state index in [1.165, 1.54) is 18.4 Å². The molecule has 1 unspecified atom stereocenters. The van der Waals surface area contributed by atoms with Crippen molar-refractivity contribution >= 4 is 34.2 Å². The first-order chi connectivity index (χ1) is 9.61. The number of rotatable bonds is 5. The van der Waals surface area contributed by atoms with Crippen LogP contribution in [-0.2, 0) is 6.42 Å². The molecule has 0 aliphatic carbocycles. The van der Waals surface area contributed by atoms with Crippen LogP contribution in [0.15, 0.2) is 42.5 Å². The van der Waals surface area contributed by atoms with Gasteiger partial charge in [0.05, 0.1) is 11.1 Å². The minimum atomic E-state index is -0.121. The highest BCUT2D eigenvalue weighted by Gasteiger charge is 2.10. The van der Waals surface area contributed by atoms with E-state index in [4.69, 9.17) is 17.3 Å². The average molecular weight is 400 g/mol. The van der Waals surface area contributed by atoms with E-state index in [0.29, 0.717) is 0 Å². The molecule has 2 rings (SSSR count). The molecule has 3 heteroatoms. The molecule has 0 heterocycles. The van der Waals surface area contributed by atoms with Crippen molar-refractivity contribution in [3.05, 3.63) is 67.7 Å². The summed E-state index contributed by atoms with van der Waals surface area (Å²) < 4.78 is 1.05. The molecule has 0 bridgehead atoms. The third-order valence-corrected chi connectivity index (χ3v) is 5.03. The summed E-state index contributed by atoms with van der Waals surface area (Å²) in [6, 6.07) is 14.5. The van der Waals surface area contributed by atoms with Gasteiger partial charge in [0.1, 0.15) is 0 Å². The Morgan fingerprint density at radius 3 is 2.35 bits per heavy atom. The van der Waals surface area contributed by atoms with Crippen molar-refractivity contribution in [3.63, 3.8) is 0 Å². The fourth-order valence-corrected chi connectivity index (χ4v) is 2.70. The Labute approximate surface area is 139 Å². The molecular formula is C17H19ClIN. The molecule has 0 fully saturated rings. The Bertz CT molecular complexity index is 566. The smallest absolute Gasteiger partial charge is 0.0552 e. The molecule has 0 amide bonds. The van der Waals surface area contributed by atoms with Gasteiger partial charge in [-0.3, -0.25) is 0 Å². The summed E-state index contributed by atoms with van der Waals surface area (Å²) in [5.74, 6) is 0. The average Bonchev–Trinajstić information content (AvgIpc) is 2.48. The fraction of sp³-hybridized carbons (Fsp3) is 0.294. The largest absolute Gasteiger partial charge is 0.320 e. The third-order valence-electron chi connectivity index (χ3n) is 3.46. The number of hydrogen-bond acceptors (Lipinski definition) is 1. The zero-order valence-electron chi connectivity index (χ0n) is 11.6. The lowest BCUT2D eigenvalue weighted by Gasteiger charge is -2.14. The number of hydrogen-bond donors (Lipinski definition) is 1. The van der Waals surface area contributed by atoms with Crippen LogP contribution in [0.2, 0.25) is 5.02 Å². The standard InChI is InChI=1S/C17H19ClIN/c1-2-3-4-12-5-7-13(8-6-12)17(20)14-9-10-16(19)15(18)11-14/h5-11,17H,2-4,20H2,1H3. The van der Waals surface area contributed by atoms with E-state index in [9.17, 15) is 0 Å². The summed E-state index contributed by atoms with van der Waals surface area (Å²) in [5, 5.41) is 0.762. The Morgan fingerprint density at radius 2 is 1.75 bits per heavy atom. The highest BCUT2D eigenvalue weighted by atomic mass is 127. The summed E-state index contributed by atoms with van der Waals surface area (Å²) in [6.07, 6.45) is 3.60. The maximum Gasteiger partial charge on any atom is 0.0552 e. The van der Waals surface area contributed by atoms with Gasteiger partial charge in [0.15, 0.2) is 0 Å². The van der Waals surface area contributed by atoms with Crippen molar-refractivity contribution < 1.29 is 0 Å². The molecule has 2 aromatic rings. The Hall–Kier alpha value is -0.580.